The fourth-order valence-electron chi connectivity index (χ4n) is 3.12. The second-order valence-corrected chi connectivity index (χ2v) is 7.23. The van der Waals surface area contributed by atoms with Crippen molar-refractivity contribution in [3.8, 4) is 11.1 Å². The van der Waals surface area contributed by atoms with Crippen LogP contribution < -0.4 is 5.56 Å². The zero-order valence-corrected chi connectivity index (χ0v) is 16.0. The van der Waals surface area contributed by atoms with Crippen LogP contribution in [0.25, 0.3) is 22.0 Å². The monoisotopic (exact) mass is 391 g/mol. The third-order valence-electron chi connectivity index (χ3n) is 4.27. The van der Waals surface area contributed by atoms with Crippen LogP contribution in [0.4, 0.5) is 0 Å². The molecule has 2 heterocycles. The Morgan fingerprint density at radius 1 is 1.04 bits per heavy atom. The number of benzene rings is 2. The molecule has 0 unspecified atom stereocenters. The van der Waals surface area contributed by atoms with E-state index in [1.165, 1.54) is 0 Å². The van der Waals surface area contributed by atoms with Crippen LogP contribution in [-0.4, -0.2) is 35.5 Å². The highest BCUT2D eigenvalue weighted by atomic mass is 32.2. The Morgan fingerprint density at radius 2 is 1.79 bits per heavy atom. The van der Waals surface area contributed by atoms with Gasteiger partial charge in [0.05, 0.1) is 23.6 Å². The zero-order valence-electron chi connectivity index (χ0n) is 15.1. The summed E-state index contributed by atoms with van der Waals surface area (Å²) < 4.78 is 5.09. The summed E-state index contributed by atoms with van der Waals surface area (Å²) in [5.41, 5.74) is 2.82. The van der Waals surface area contributed by atoms with Gasteiger partial charge in [0, 0.05) is 23.6 Å². The minimum atomic E-state index is -0.289. The minimum Gasteiger partial charge on any atom is -0.379 e. The van der Waals surface area contributed by atoms with Crippen molar-refractivity contribution >= 4 is 39.5 Å². The number of carbonyl (C=O) groups excluding carboxylic acids is 1. The normalized spacial score (nSPS) is 14.1. The molecule has 4 rings (SSSR count). The molecule has 1 amide bonds. The molecule has 1 N–H and O–H groups in total. The number of nitrogens with zero attached hydrogens (tertiary/aromatic N) is 2. The molecule has 2 aromatic carbocycles. The van der Waals surface area contributed by atoms with Gasteiger partial charge < -0.3 is 9.72 Å². The standard InChI is InChI=1S/C21H17N3O3S/c1-27-12-14-11-17(25)24-21(22-14)28-19-18(13-7-3-2-4-8-13)15-9-5-6-10-16(15)23-20(19)26/h2-10H,11-12H2,1H3,(H,23,26). The molecule has 1 aliphatic heterocycles. The lowest BCUT2D eigenvalue weighted by molar-refractivity contribution is -0.116. The predicted octanol–water partition coefficient (Wildman–Crippen LogP) is 3.66. The van der Waals surface area contributed by atoms with Gasteiger partial charge in [-0.05, 0) is 23.4 Å². The Kier molecular flexibility index (Phi) is 5.18. The summed E-state index contributed by atoms with van der Waals surface area (Å²) in [5, 5.41) is 1.17. The molecule has 0 atom stereocenters. The van der Waals surface area contributed by atoms with E-state index in [-0.39, 0.29) is 29.7 Å². The molecule has 140 valence electrons. The summed E-state index contributed by atoms with van der Waals surface area (Å²) >= 11 is 1.10. The van der Waals surface area contributed by atoms with Crippen molar-refractivity contribution < 1.29 is 9.53 Å². The Hall–Kier alpha value is -3.03. The van der Waals surface area contributed by atoms with Crippen molar-refractivity contribution in [2.75, 3.05) is 13.7 Å². The summed E-state index contributed by atoms with van der Waals surface area (Å²) in [6.45, 7) is 0.255. The summed E-state index contributed by atoms with van der Waals surface area (Å²) in [6, 6.07) is 17.3. The molecule has 0 fully saturated rings. The number of aliphatic imine (C=N–C) groups is 2. The zero-order chi connectivity index (χ0) is 19.5. The van der Waals surface area contributed by atoms with Gasteiger partial charge in [0.1, 0.15) is 0 Å². The lowest BCUT2D eigenvalue weighted by Gasteiger charge is -2.14. The van der Waals surface area contributed by atoms with Crippen LogP contribution in [-0.2, 0) is 9.53 Å². The number of aromatic amines is 1. The maximum atomic E-state index is 12.9. The van der Waals surface area contributed by atoms with Crippen molar-refractivity contribution in [1.82, 2.24) is 4.98 Å². The number of thioether (sulfide) groups is 1. The number of ether oxygens (including phenoxy) is 1. The molecular weight excluding hydrogens is 374 g/mol. The van der Waals surface area contributed by atoms with E-state index in [0.717, 1.165) is 33.8 Å². The number of pyridine rings is 1. The van der Waals surface area contributed by atoms with E-state index in [9.17, 15) is 9.59 Å². The molecule has 0 bridgehead atoms. The van der Waals surface area contributed by atoms with Crippen molar-refractivity contribution in [2.45, 2.75) is 11.3 Å². The summed E-state index contributed by atoms with van der Waals surface area (Å²) in [5.74, 6) is -0.289. The number of carbonyl (C=O) groups is 1. The first-order chi connectivity index (χ1) is 13.7. The molecule has 0 saturated heterocycles. The molecule has 6 nitrogen and oxygen atoms in total. The first-order valence-electron chi connectivity index (χ1n) is 8.71. The van der Waals surface area contributed by atoms with Gasteiger partial charge in [-0.1, -0.05) is 48.5 Å². The number of nitrogens with one attached hydrogen (secondary N) is 1. The molecule has 7 heteroatoms. The minimum absolute atomic E-state index is 0.136. The number of rotatable bonds is 4. The van der Waals surface area contributed by atoms with E-state index in [1.807, 2.05) is 54.6 Å². The summed E-state index contributed by atoms with van der Waals surface area (Å²) in [4.78, 5) is 36.7. The topological polar surface area (TPSA) is 83.9 Å². The molecule has 0 aliphatic carbocycles. The Morgan fingerprint density at radius 3 is 2.57 bits per heavy atom. The number of amides is 1. The molecule has 1 aliphatic rings. The van der Waals surface area contributed by atoms with Crippen LogP contribution in [0, 0.1) is 0 Å². The number of fused-ring (bicyclic) bond motifs is 1. The average molecular weight is 391 g/mol. The number of hydrogen-bond acceptors (Lipinski definition) is 5. The van der Waals surface area contributed by atoms with E-state index < -0.39 is 0 Å². The number of H-pyrrole nitrogens is 1. The van der Waals surface area contributed by atoms with Gasteiger partial charge in [0.2, 0.25) is 0 Å². The third-order valence-corrected chi connectivity index (χ3v) is 5.23. The second-order valence-electron chi connectivity index (χ2n) is 6.25. The maximum Gasteiger partial charge on any atom is 0.263 e. The highest BCUT2D eigenvalue weighted by molar-refractivity contribution is 8.14. The number of amidine groups is 1. The maximum absolute atomic E-state index is 12.9. The first-order valence-corrected chi connectivity index (χ1v) is 9.52. The largest absolute Gasteiger partial charge is 0.379 e. The lowest BCUT2D eigenvalue weighted by atomic mass is 10.0. The number of para-hydroxylation sites is 1. The Bertz CT molecular complexity index is 1170. The van der Waals surface area contributed by atoms with Gasteiger partial charge in [-0.2, -0.15) is 4.99 Å². The molecule has 1 aromatic heterocycles. The van der Waals surface area contributed by atoms with Crippen LogP contribution in [0.2, 0.25) is 0 Å². The van der Waals surface area contributed by atoms with Crippen molar-refractivity contribution in [2.24, 2.45) is 9.98 Å². The lowest BCUT2D eigenvalue weighted by Crippen LogP contribution is -2.19. The van der Waals surface area contributed by atoms with Gasteiger partial charge in [-0.15, -0.1) is 0 Å². The molecule has 3 aromatic rings. The second kappa shape index (κ2) is 7.92. The van der Waals surface area contributed by atoms with Gasteiger partial charge >= 0.3 is 0 Å². The van der Waals surface area contributed by atoms with Gasteiger partial charge in [-0.25, -0.2) is 4.99 Å². The molecule has 0 radical (unpaired) electrons. The predicted molar refractivity (Wildman–Crippen MR) is 112 cm³/mol. The van der Waals surface area contributed by atoms with Gasteiger partial charge in [0.25, 0.3) is 11.5 Å². The smallest absolute Gasteiger partial charge is 0.263 e. The van der Waals surface area contributed by atoms with Crippen LogP contribution in [0.1, 0.15) is 6.42 Å². The quantitative estimate of drug-likeness (QED) is 0.736. The average Bonchev–Trinajstić information content (AvgIpc) is 2.69. The molecule has 0 spiro atoms. The van der Waals surface area contributed by atoms with Crippen LogP contribution in [0.5, 0.6) is 0 Å². The van der Waals surface area contributed by atoms with E-state index in [2.05, 4.69) is 15.0 Å². The third kappa shape index (κ3) is 3.67. The van der Waals surface area contributed by atoms with Gasteiger partial charge in [-0.3, -0.25) is 9.59 Å². The van der Waals surface area contributed by atoms with Crippen molar-refractivity contribution in [1.29, 1.82) is 0 Å². The summed E-state index contributed by atoms with van der Waals surface area (Å²) in [7, 11) is 1.55. The fourth-order valence-corrected chi connectivity index (χ4v) is 4.10. The number of methoxy groups -OCH3 is 1. The number of hydrogen-bond donors (Lipinski definition) is 1. The van der Waals surface area contributed by atoms with Crippen LogP contribution in [0.15, 0.2) is 74.3 Å². The van der Waals surface area contributed by atoms with E-state index >= 15 is 0 Å². The SMILES string of the molecule is COCC1=NC(Sc2c(-c3ccccc3)c3ccccc3[nH]c2=O)=NC(=O)C1. The Labute approximate surface area is 165 Å². The van der Waals surface area contributed by atoms with Gasteiger partial charge in [0.15, 0.2) is 5.17 Å². The van der Waals surface area contributed by atoms with Crippen LogP contribution in [0.3, 0.4) is 0 Å². The highest BCUT2D eigenvalue weighted by Gasteiger charge is 2.21. The molecule has 0 saturated carbocycles. The Balaban J connectivity index is 1.89. The van der Waals surface area contributed by atoms with Crippen molar-refractivity contribution in [3.05, 3.63) is 65.0 Å². The molecular formula is C21H17N3O3S. The summed E-state index contributed by atoms with van der Waals surface area (Å²) in [6.07, 6.45) is 0.136. The van der Waals surface area contributed by atoms with E-state index in [4.69, 9.17) is 4.74 Å². The van der Waals surface area contributed by atoms with Crippen LogP contribution >= 0.6 is 11.8 Å². The first kappa shape index (κ1) is 18.3. The van der Waals surface area contributed by atoms with E-state index in [0.29, 0.717) is 10.6 Å². The number of aromatic nitrogens is 1. The molecule has 28 heavy (non-hydrogen) atoms. The fraction of sp³-hybridized carbons (Fsp3) is 0.143. The van der Waals surface area contributed by atoms with Crippen molar-refractivity contribution in [3.63, 3.8) is 0 Å². The highest BCUT2D eigenvalue weighted by Crippen LogP contribution is 2.35. The van der Waals surface area contributed by atoms with E-state index in [1.54, 1.807) is 7.11 Å².